The Balaban J connectivity index is 2.11. The van der Waals surface area contributed by atoms with Crippen LogP contribution in [0.15, 0.2) is 46.9 Å². The molecule has 0 saturated carbocycles. The normalized spacial score (nSPS) is 11.6. The van der Waals surface area contributed by atoms with E-state index in [-0.39, 0.29) is 11.3 Å². The monoisotopic (exact) mass is 378 g/mol. The van der Waals surface area contributed by atoms with Gasteiger partial charge in [0.15, 0.2) is 6.10 Å². The molecule has 0 radical (unpaired) electrons. The van der Waals surface area contributed by atoms with Gasteiger partial charge in [-0.2, -0.15) is 0 Å². The molecule has 5 nitrogen and oxygen atoms in total. The summed E-state index contributed by atoms with van der Waals surface area (Å²) in [4.78, 5) is 23.3. The molecule has 0 fully saturated rings. The van der Waals surface area contributed by atoms with Gasteiger partial charge in [0.25, 0.3) is 0 Å². The van der Waals surface area contributed by atoms with Crippen molar-refractivity contribution in [3.8, 4) is 11.5 Å². The fourth-order valence-corrected chi connectivity index (χ4v) is 2.25. The molecule has 0 aliphatic heterocycles. The van der Waals surface area contributed by atoms with Crippen molar-refractivity contribution < 1.29 is 24.2 Å². The lowest BCUT2D eigenvalue weighted by Gasteiger charge is -2.15. The van der Waals surface area contributed by atoms with Crippen molar-refractivity contribution in [3.63, 3.8) is 0 Å². The first-order chi connectivity index (χ1) is 10.9. The zero-order chi connectivity index (χ0) is 17.0. The van der Waals surface area contributed by atoms with Gasteiger partial charge in [0, 0.05) is 4.47 Å². The molecule has 0 heterocycles. The number of hydrogen-bond acceptors (Lipinski definition) is 4. The molecule has 1 unspecified atom stereocenters. The molecule has 1 atom stereocenters. The summed E-state index contributed by atoms with van der Waals surface area (Å²) in [6, 6.07) is 11.7. The van der Waals surface area contributed by atoms with Crippen LogP contribution in [0.4, 0.5) is 0 Å². The van der Waals surface area contributed by atoms with Crippen LogP contribution < -0.4 is 9.47 Å². The topological polar surface area (TPSA) is 72.8 Å². The molecule has 2 aromatic rings. The summed E-state index contributed by atoms with van der Waals surface area (Å²) in [6.45, 7) is 3.46. The van der Waals surface area contributed by atoms with Gasteiger partial charge in [-0.3, -0.25) is 0 Å². The predicted octanol–water partition coefficient (Wildman–Crippen LogP) is 3.83. The fraction of sp³-hybridized carbons (Fsp3) is 0.176. The minimum atomic E-state index is -1.18. The Bertz CT molecular complexity index is 742. The number of aryl methyl sites for hydroxylation is 1. The predicted molar refractivity (Wildman–Crippen MR) is 88.0 cm³/mol. The number of benzene rings is 2. The molecular weight excluding hydrogens is 364 g/mol. The van der Waals surface area contributed by atoms with Gasteiger partial charge in [0.05, 0.1) is 0 Å². The molecule has 0 aliphatic carbocycles. The van der Waals surface area contributed by atoms with Gasteiger partial charge in [0.1, 0.15) is 17.1 Å². The van der Waals surface area contributed by atoms with Crippen molar-refractivity contribution in [3.05, 3.63) is 58.1 Å². The largest absolute Gasteiger partial charge is 0.479 e. The molecule has 2 rings (SSSR count). The second-order valence-corrected chi connectivity index (χ2v) is 5.86. The van der Waals surface area contributed by atoms with Crippen molar-refractivity contribution in [1.82, 2.24) is 0 Å². The highest BCUT2D eigenvalue weighted by atomic mass is 79.9. The van der Waals surface area contributed by atoms with Crippen molar-refractivity contribution in [1.29, 1.82) is 0 Å². The summed E-state index contributed by atoms with van der Waals surface area (Å²) < 4.78 is 11.3. The zero-order valence-corrected chi connectivity index (χ0v) is 14.2. The Hall–Kier alpha value is -2.34. The van der Waals surface area contributed by atoms with Crippen LogP contribution in [0.3, 0.4) is 0 Å². The van der Waals surface area contributed by atoms with Crippen molar-refractivity contribution in [2.75, 3.05) is 0 Å². The van der Waals surface area contributed by atoms with Crippen LogP contribution in [0.2, 0.25) is 0 Å². The summed E-state index contributed by atoms with van der Waals surface area (Å²) in [5.74, 6) is -1.33. The second kappa shape index (κ2) is 7.28. The highest BCUT2D eigenvalue weighted by molar-refractivity contribution is 9.10. The maximum atomic E-state index is 12.1. The van der Waals surface area contributed by atoms with E-state index in [1.54, 1.807) is 25.1 Å². The lowest BCUT2D eigenvalue weighted by molar-refractivity contribution is -0.141. The van der Waals surface area contributed by atoms with Gasteiger partial charge in [-0.05, 0) is 49.7 Å². The Morgan fingerprint density at radius 3 is 2.57 bits per heavy atom. The summed E-state index contributed by atoms with van der Waals surface area (Å²) in [7, 11) is 0. The number of ether oxygens (including phenoxy) is 2. The lowest BCUT2D eigenvalue weighted by Crippen LogP contribution is -2.29. The number of carbonyl (C=O) groups is 2. The number of esters is 1. The minimum Gasteiger partial charge on any atom is -0.479 e. The average molecular weight is 379 g/mol. The molecule has 0 saturated heterocycles. The first-order valence-electron chi connectivity index (χ1n) is 6.84. The smallest absolute Gasteiger partial charge is 0.352 e. The lowest BCUT2D eigenvalue weighted by atomic mass is 10.2. The van der Waals surface area contributed by atoms with Crippen LogP contribution in [0, 0.1) is 6.92 Å². The highest BCUT2D eigenvalue weighted by Gasteiger charge is 2.21. The molecular formula is C17H15BrO5. The standard InChI is InChI=1S/C17H15BrO5/c1-10-4-3-5-13(8-10)22-11(2)17(21)23-15-7-6-12(18)9-14(15)16(19)20/h3-9,11H,1-2H3,(H,19,20). The molecule has 0 aromatic heterocycles. The molecule has 2 aromatic carbocycles. The highest BCUT2D eigenvalue weighted by Crippen LogP contribution is 2.24. The van der Waals surface area contributed by atoms with E-state index < -0.39 is 18.0 Å². The van der Waals surface area contributed by atoms with E-state index in [0.717, 1.165) is 5.56 Å². The third kappa shape index (κ3) is 4.56. The number of carboxylic acids is 1. The number of aromatic carboxylic acids is 1. The average Bonchev–Trinajstić information content (AvgIpc) is 2.48. The fourth-order valence-electron chi connectivity index (χ4n) is 1.89. The van der Waals surface area contributed by atoms with Gasteiger partial charge in [-0.25, -0.2) is 9.59 Å². The van der Waals surface area contributed by atoms with Gasteiger partial charge in [-0.15, -0.1) is 0 Å². The minimum absolute atomic E-state index is 0.0228. The van der Waals surface area contributed by atoms with Crippen molar-refractivity contribution >= 4 is 27.9 Å². The van der Waals surface area contributed by atoms with Crippen LogP contribution >= 0.6 is 15.9 Å². The third-order valence-corrected chi connectivity index (χ3v) is 3.51. The van der Waals surface area contributed by atoms with Crippen molar-refractivity contribution in [2.24, 2.45) is 0 Å². The van der Waals surface area contributed by atoms with Crippen LogP contribution in [0.5, 0.6) is 11.5 Å². The molecule has 0 amide bonds. The van der Waals surface area contributed by atoms with Crippen LogP contribution in [0.25, 0.3) is 0 Å². The molecule has 0 bridgehead atoms. The van der Waals surface area contributed by atoms with E-state index in [0.29, 0.717) is 10.2 Å². The summed E-state index contributed by atoms with van der Waals surface area (Å²) in [5.41, 5.74) is 0.902. The Labute approximate surface area is 142 Å². The second-order valence-electron chi connectivity index (χ2n) is 4.94. The van der Waals surface area contributed by atoms with E-state index in [1.807, 2.05) is 19.1 Å². The van der Waals surface area contributed by atoms with E-state index in [1.165, 1.54) is 12.1 Å². The number of halogens is 1. The van der Waals surface area contributed by atoms with Gasteiger partial charge >= 0.3 is 11.9 Å². The van der Waals surface area contributed by atoms with Crippen LogP contribution in [-0.2, 0) is 4.79 Å². The number of carbonyl (C=O) groups excluding carboxylic acids is 1. The van der Waals surface area contributed by atoms with Gasteiger partial charge < -0.3 is 14.6 Å². The number of carboxylic acid groups (broad SMARTS) is 1. The Kier molecular flexibility index (Phi) is 5.39. The molecule has 0 spiro atoms. The van der Waals surface area contributed by atoms with E-state index >= 15 is 0 Å². The SMILES string of the molecule is Cc1cccc(OC(C)C(=O)Oc2ccc(Br)cc2C(=O)O)c1. The summed E-state index contributed by atoms with van der Waals surface area (Å²) >= 11 is 3.18. The van der Waals surface area contributed by atoms with Gasteiger partial charge in [-0.1, -0.05) is 28.1 Å². The summed E-state index contributed by atoms with van der Waals surface area (Å²) in [5, 5.41) is 9.16. The van der Waals surface area contributed by atoms with Crippen molar-refractivity contribution in [2.45, 2.75) is 20.0 Å². The zero-order valence-electron chi connectivity index (χ0n) is 12.6. The molecule has 120 valence electrons. The molecule has 0 aliphatic rings. The van der Waals surface area contributed by atoms with Crippen LogP contribution in [-0.4, -0.2) is 23.1 Å². The Morgan fingerprint density at radius 2 is 1.91 bits per heavy atom. The van der Waals surface area contributed by atoms with Crippen LogP contribution in [0.1, 0.15) is 22.8 Å². The van der Waals surface area contributed by atoms with E-state index in [9.17, 15) is 9.59 Å². The Morgan fingerprint density at radius 1 is 1.17 bits per heavy atom. The quantitative estimate of drug-likeness (QED) is 0.632. The maximum Gasteiger partial charge on any atom is 0.352 e. The molecule has 1 N–H and O–H groups in total. The molecule has 23 heavy (non-hydrogen) atoms. The third-order valence-electron chi connectivity index (χ3n) is 3.02. The first kappa shape index (κ1) is 17.0. The van der Waals surface area contributed by atoms with Gasteiger partial charge in [0.2, 0.25) is 0 Å². The molecule has 6 heteroatoms. The first-order valence-corrected chi connectivity index (χ1v) is 7.64. The van der Waals surface area contributed by atoms with E-state index in [2.05, 4.69) is 15.9 Å². The van der Waals surface area contributed by atoms with E-state index in [4.69, 9.17) is 14.6 Å². The number of rotatable bonds is 5. The summed E-state index contributed by atoms with van der Waals surface area (Å²) in [6.07, 6.45) is -0.873. The number of hydrogen-bond donors (Lipinski definition) is 1. The maximum absolute atomic E-state index is 12.1.